The van der Waals surface area contributed by atoms with Crippen LogP contribution in [0.4, 0.5) is 0 Å². The summed E-state index contributed by atoms with van der Waals surface area (Å²) < 4.78 is 1.95. The molecule has 0 unspecified atom stereocenters. The minimum Gasteiger partial charge on any atom is -0.252 e. The fourth-order valence-electron chi connectivity index (χ4n) is 1.46. The van der Waals surface area contributed by atoms with E-state index in [2.05, 4.69) is 43.4 Å². The Bertz CT molecular complexity index is 308. The van der Waals surface area contributed by atoms with Gasteiger partial charge in [-0.25, -0.2) is 0 Å². The van der Waals surface area contributed by atoms with Gasteiger partial charge in [0.15, 0.2) is 0 Å². The molecule has 0 aliphatic rings. The van der Waals surface area contributed by atoms with Crippen molar-refractivity contribution in [1.29, 1.82) is 0 Å². The first-order valence-electron chi connectivity index (χ1n) is 5.74. The number of rotatable bonds is 6. The second kappa shape index (κ2) is 6.38. The molecule has 0 saturated heterocycles. The lowest BCUT2D eigenvalue weighted by Gasteiger charge is -1.97. The smallest absolute Gasteiger partial charge is 0.0827 e. The summed E-state index contributed by atoms with van der Waals surface area (Å²) in [7, 11) is 0. The minimum atomic E-state index is 0.973. The Hall–Kier alpha value is -1.12. The SMILES string of the molecule is CCCc1cn(CCCC=C(C)C)nn1. The number of nitrogens with zero attached hydrogens (tertiary/aromatic N) is 3. The summed E-state index contributed by atoms with van der Waals surface area (Å²) in [5.41, 5.74) is 2.50. The summed E-state index contributed by atoms with van der Waals surface area (Å²) in [6, 6.07) is 0. The maximum Gasteiger partial charge on any atom is 0.0827 e. The van der Waals surface area contributed by atoms with Gasteiger partial charge in [-0.3, -0.25) is 4.68 Å². The molecule has 0 radical (unpaired) electrons. The van der Waals surface area contributed by atoms with E-state index in [-0.39, 0.29) is 0 Å². The zero-order chi connectivity index (χ0) is 11.1. The molecule has 0 saturated carbocycles. The van der Waals surface area contributed by atoms with Gasteiger partial charge in [-0.15, -0.1) is 5.10 Å². The minimum absolute atomic E-state index is 0.973. The van der Waals surface area contributed by atoms with Crippen LogP contribution in [0.25, 0.3) is 0 Å². The number of aromatic nitrogens is 3. The summed E-state index contributed by atoms with van der Waals surface area (Å²) in [6.07, 6.45) is 8.77. The fraction of sp³-hybridized carbons (Fsp3) is 0.667. The van der Waals surface area contributed by atoms with Crippen LogP contribution in [0.2, 0.25) is 0 Å². The molecule has 0 aliphatic carbocycles. The van der Waals surface area contributed by atoms with Crippen LogP contribution < -0.4 is 0 Å². The Labute approximate surface area is 92.2 Å². The van der Waals surface area contributed by atoms with E-state index in [1.807, 2.05) is 4.68 Å². The molecule has 0 bridgehead atoms. The Morgan fingerprint density at radius 3 is 2.93 bits per heavy atom. The molecular formula is C12H21N3. The van der Waals surface area contributed by atoms with Crippen LogP contribution in [-0.2, 0) is 13.0 Å². The van der Waals surface area contributed by atoms with E-state index in [4.69, 9.17) is 0 Å². The van der Waals surface area contributed by atoms with E-state index in [1.54, 1.807) is 0 Å². The summed E-state index contributed by atoms with van der Waals surface area (Å²) in [4.78, 5) is 0. The third kappa shape index (κ3) is 4.77. The van der Waals surface area contributed by atoms with Gasteiger partial charge in [0.25, 0.3) is 0 Å². The number of hydrogen-bond acceptors (Lipinski definition) is 2. The van der Waals surface area contributed by atoms with Gasteiger partial charge in [0.2, 0.25) is 0 Å². The second-order valence-electron chi connectivity index (χ2n) is 4.15. The Balaban J connectivity index is 2.28. The summed E-state index contributed by atoms with van der Waals surface area (Å²) in [6.45, 7) is 7.40. The molecule has 0 amide bonds. The lowest BCUT2D eigenvalue weighted by atomic mass is 10.2. The van der Waals surface area contributed by atoms with Crippen molar-refractivity contribution in [3.8, 4) is 0 Å². The van der Waals surface area contributed by atoms with Crippen LogP contribution in [0.1, 0.15) is 45.7 Å². The molecule has 0 N–H and O–H groups in total. The highest BCUT2D eigenvalue weighted by Crippen LogP contribution is 2.01. The van der Waals surface area contributed by atoms with Crippen molar-refractivity contribution in [1.82, 2.24) is 15.0 Å². The predicted octanol–water partition coefficient (Wildman–Crippen LogP) is 2.98. The first kappa shape index (κ1) is 12.0. The molecule has 0 fully saturated rings. The van der Waals surface area contributed by atoms with Crippen molar-refractivity contribution < 1.29 is 0 Å². The van der Waals surface area contributed by atoms with Gasteiger partial charge in [0, 0.05) is 12.7 Å². The lowest BCUT2D eigenvalue weighted by molar-refractivity contribution is 0.562. The highest BCUT2D eigenvalue weighted by Gasteiger charge is 1.98. The van der Waals surface area contributed by atoms with Crippen LogP contribution in [0.15, 0.2) is 17.8 Å². The number of hydrogen-bond donors (Lipinski definition) is 0. The summed E-state index contributed by atoms with van der Waals surface area (Å²) in [5, 5.41) is 8.21. The van der Waals surface area contributed by atoms with Gasteiger partial charge in [-0.05, 0) is 33.1 Å². The first-order chi connectivity index (χ1) is 7.22. The van der Waals surface area contributed by atoms with Crippen LogP contribution in [0, 0.1) is 0 Å². The van der Waals surface area contributed by atoms with Crippen molar-refractivity contribution in [3.63, 3.8) is 0 Å². The zero-order valence-corrected chi connectivity index (χ0v) is 10.0. The van der Waals surface area contributed by atoms with Crippen molar-refractivity contribution in [2.75, 3.05) is 0 Å². The van der Waals surface area contributed by atoms with Gasteiger partial charge in [0.05, 0.1) is 5.69 Å². The second-order valence-corrected chi connectivity index (χ2v) is 4.15. The van der Waals surface area contributed by atoms with Crippen molar-refractivity contribution in [2.24, 2.45) is 0 Å². The average molecular weight is 207 g/mol. The molecule has 84 valence electrons. The van der Waals surface area contributed by atoms with E-state index in [0.29, 0.717) is 0 Å². The van der Waals surface area contributed by atoms with Crippen LogP contribution in [0.5, 0.6) is 0 Å². The molecule has 0 atom stereocenters. The number of allylic oxidation sites excluding steroid dienone is 2. The first-order valence-corrected chi connectivity index (χ1v) is 5.74. The zero-order valence-electron chi connectivity index (χ0n) is 10.0. The number of aryl methyl sites for hydroxylation is 2. The Morgan fingerprint density at radius 1 is 1.47 bits per heavy atom. The third-order valence-corrected chi connectivity index (χ3v) is 2.24. The molecule has 0 aromatic carbocycles. The molecule has 1 aromatic heterocycles. The topological polar surface area (TPSA) is 30.7 Å². The quantitative estimate of drug-likeness (QED) is 0.530. The van der Waals surface area contributed by atoms with E-state index in [1.165, 1.54) is 5.57 Å². The standard InChI is InChI=1S/C12H21N3/c1-4-7-12-10-15(14-13-12)9-6-5-8-11(2)3/h8,10H,4-7,9H2,1-3H3. The fourth-order valence-corrected chi connectivity index (χ4v) is 1.46. The van der Waals surface area contributed by atoms with Crippen LogP contribution in [0.3, 0.4) is 0 Å². The van der Waals surface area contributed by atoms with Gasteiger partial charge >= 0.3 is 0 Å². The lowest BCUT2D eigenvalue weighted by Crippen LogP contribution is -1.98. The van der Waals surface area contributed by atoms with Gasteiger partial charge < -0.3 is 0 Å². The van der Waals surface area contributed by atoms with E-state index >= 15 is 0 Å². The van der Waals surface area contributed by atoms with Gasteiger partial charge in [0.1, 0.15) is 0 Å². The van der Waals surface area contributed by atoms with E-state index < -0.39 is 0 Å². The molecular weight excluding hydrogens is 186 g/mol. The third-order valence-electron chi connectivity index (χ3n) is 2.24. The highest BCUT2D eigenvalue weighted by atomic mass is 15.4. The Kier molecular flexibility index (Phi) is 5.08. The van der Waals surface area contributed by atoms with Crippen molar-refractivity contribution in [3.05, 3.63) is 23.5 Å². The normalized spacial score (nSPS) is 10.3. The molecule has 1 aromatic rings. The van der Waals surface area contributed by atoms with Crippen molar-refractivity contribution in [2.45, 2.75) is 53.0 Å². The van der Waals surface area contributed by atoms with Gasteiger partial charge in [-0.2, -0.15) is 0 Å². The van der Waals surface area contributed by atoms with E-state index in [9.17, 15) is 0 Å². The molecule has 0 aliphatic heterocycles. The average Bonchev–Trinajstić information content (AvgIpc) is 2.61. The molecule has 15 heavy (non-hydrogen) atoms. The maximum atomic E-state index is 4.12. The largest absolute Gasteiger partial charge is 0.252 e. The molecule has 0 spiro atoms. The van der Waals surface area contributed by atoms with E-state index in [0.717, 1.165) is 37.9 Å². The molecule has 3 nitrogen and oxygen atoms in total. The molecule has 1 rings (SSSR count). The number of unbranched alkanes of at least 4 members (excludes halogenated alkanes) is 1. The Morgan fingerprint density at radius 2 is 2.27 bits per heavy atom. The van der Waals surface area contributed by atoms with Gasteiger partial charge in [-0.1, -0.05) is 30.2 Å². The van der Waals surface area contributed by atoms with Crippen LogP contribution in [-0.4, -0.2) is 15.0 Å². The summed E-state index contributed by atoms with van der Waals surface area (Å²) in [5.74, 6) is 0. The monoisotopic (exact) mass is 207 g/mol. The highest BCUT2D eigenvalue weighted by molar-refractivity contribution is 4.93. The summed E-state index contributed by atoms with van der Waals surface area (Å²) >= 11 is 0. The molecule has 1 heterocycles. The van der Waals surface area contributed by atoms with Crippen molar-refractivity contribution >= 4 is 0 Å². The predicted molar refractivity (Wildman–Crippen MR) is 62.7 cm³/mol. The van der Waals surface area contributed by atoms with Crippen LogP contribution >= 0.6 is 0 Å². The maximum absolute atomic E-state index is 4.12. The molecule has 3 heteroatoms.